The van der Waals surface area contributed by atoms with Gasteiger partial charge in [-0.1, -0.05) is 36.8 Å². The first-order chi connectivity index (χ1) is 17.7. The molecule has 2 fully saturated rings. The number of carbonyl (C=O) groups excluding carboxylic acids is 1. The molecule has 1 aromatic carbocycles. The van der Waals surface area contributed by atoms with Crippen molar-refractivity contribution in [3.05, 3.63) is 71.0 Å². The Bertz CT molecular complexity index is 1100. The van der Waals surface area contributed by atoms with Crippen LogP contribution in [0.4, 0.5) is 0 Å². The lowest BCUT2D eigenvalue weighted by molar-refractivity contribution is 0.0313. The maximum Gasteiger partial charge on any atom is 0.273 e. The summed E-state index contributed by atoms with van der Waals surface area (Å²) in [6.07, 6.45) is 12.0. The third-order valence-electron chi connectivity index (χ3n) is 7.73. The molecule has 4 heterocycles. The molecule has 2 atom stereocenters. The Hall–Kier alpha value is -2.48. The zero-order chi connectivity index (χ0) is 24.7. The van der Waals surface area contributed by atoms with Gasteiger partial charge in [-0.2, -0.15) is 0 Å². The number of hydrogen-bond acceptors (Lipinski definition) is 5. The summed E-state index contributed by atoms with van der Waals surface area (Å²) in [4.78, 5) is 24.8. The van der Waals surface area contributed by atoms with Crippen molar-refractivity contribution in [3.8, 4) is 5.13 Å². The van der Waals surface area contributed by atoms with E-state index in [9.17, 15) is 4.79 Å². The van der Waals surface area contributed by atoms with E-state index < -0.39 is 0 Å². The predicted octanol–water partition coefficient (Wildman–Crippen LogP) is 5.07. The van der Waals surface area contributed by atoms with E-state index >= 15 is 0 Å². The summed E-state index contributed by atoms with van der Waals surface area (Å²) in [7, 11) is 1.71. The number of aromatic nitrogens is 2. The fourth-order valence-corrected chi connectivity index (χ4v) is 6.87. The van der Waals surface area contributed by atoms with Crippen molar-refractivity contribution in [1.29, 1.82) is 0 Å². The summed E-state index contributed by atoms with van der Waals surface area (Å²) < 4.78 is 7.44. The second-order valence-electron chi connectivity index (χ2n) is 10.1. The van der Waals surface area contributed by atoms with E-state index in [0.29, 0.717) is 30.8 Å². The molecule has 0 N–H and O–H groups in total. The van der Waals surface area contributed by atoms with Crippen LogP contribution in [0.5, 0.6) is 0 Å². The van der Waals surface area contributed by atoms with Crippen LogP contribution in [0.15, 0.2) is 54.9 Å². The van der Waals surface area contributed by atoms with Crippen molar-refractivity contribution in [2.45, 2.75) is 51.0 Å². The van der Waals surface area contributed by atoms with Crippen LogP contribution in [0.1, 0.15) is 53.0 Å². The number of carbonyl (C=O) groups is 1. The molecular weight excluding hydrogens is 468 g/mol. The number of thiazole rings is 1. The van der Waals surface area contributed by atoms with Crippen LogP contribution in [0, 0.1) is 5.92 Å². The molecule has 2 aromatic heterocycles. The van der Waals surface area contributed by atoms with Crippen LogP contribution in [0.25, 0.3) is 5.13 Å². The Morgan fingerprint density at radius 1 is 1.06 bits per heavy atom. The first kappa shape index (κ1) is 25.2. The predicted molar refractivity (Wildman–Crippen MR) is 145 cm³/mol. The third-order valence-corrected chi connectivity index (χ3v) is 8.86. The van der Waals surface area contributed by atoms with Crippen LogP contribution < -0.4 is 0 Å². The Kier molecular flexibility index (Phi) is 8.51. The lowest BCUT2D eigenvalue weighted by Crippen LogP contribution is -2.52. The fraction of sp³-hybridized carbons (Fsp3) is 0.517. The molecule has 0 bridgehead atoms. The molecule has 2 unspecified atom stereocenters. The van der Waals surface area contributed by atoms with Crippen molar-refractivity contribution < 1.29 is 9.53 Å². The average molecular weight is 507 g/mol. The van der Waals surface area contributed by atoms with Crippen LogP contribution in [0.2, 0.25) is 0 Å². The molecule has 192 valence electrons. The minimum absolute atomic E-state index is 0.0534. The Balaban J connectivity index is 1.39. The Morgan fingerprint density at radius 2 is 1.86 bits per heavy atom. The second-order valence-corrected chi connectivity index (χ2v) is 11.2. The van der Waals surface area contributed by atoms with Gasteiger partial charge in [0.05, 0.1) is 6.61 Å². The molecule has 7 heteroatoms. The highest BCUT2D eigenvalue weighted by Gasteiger charge is 2.35. The number of hydrogen-bond donors (Lipinski definition) is 0. The van der Waals surface area contributed by atoms with Gasteiger partial charge in [0.25, 0.3) is 5.91 Å². The minimum atomic E-state index is 0.0534. The van der Waals surface area contributed by atoms with Gasteiger partial charge in [0.1, 0.15) is 5.69 Å². The molecule has 36 heavy (non-hydrogen) atoms. The molecule has 0 saturated carbocycles. The van der Waals surface area contributed by atoms with Gasteiger partial charge in [0.2, 0.25) is 0 Å². The first-order valence-corrected chi connectivity index (χ1v) is 14.2. The van der Waals surface area contributed by atoms with Gasteiger partial charge in [-0.3, -0.25) is 4.79 Å². The molecule has 6 nitrogen and oxygen atoms in total. The topological polar surface area (TPSA) is 50.6 Å². The number of ether oxygens (including phenoxy) is 1. The maximum absolute atomic E-state index is 14.1. The van der Waals surface area contributed by atoms with E-state index in [4.69, 9.17) is 9.72 Å². The monoisotopic (exact) mass is 506 g/mol. The molecule has 0 aliphatic carbocycles. The molecule has 1 amide bonds. The van der Waals surface area contributed by atoms with Gasteiger partial charge in [-0.05, 0) is 75.2 Å². The molecule has 2 aliphatic heterocycles. The summed E-state index contributed by atoms with van der Waals surface area (Å²) in [5.41, 5.74) is 1.90. The highest BCUT2D eigenvalue weighted by atomic mass is 32.1. The van der Waals surface area contributed by atoms with Gasteiger partial charge >= 0.3 is 0 Å². The van der Waals surface area contributed by atoms with Crippen LogP contribution >= 0.6 is 11.3 Å². The number of fused-ring (bicyclic) bond motifs is 1. The smallest absolute Gasteiger partial charge is 0.273 e. The molecule has 0 spiro atoms. The zero-order valence-corrected chi connectivity index (χ0v) is 22.2. The lowest BCUT2D eigenvalue weighted by Gasteiger charge is -2.45. The van der Waals surface area contributed by atoms with Crippen LogP contribution in [0.3, 0.4) is 0 Å². The van der Waals surface area contributed by atoms with Crippen LogP contribution in [-0.2, 0) is 17.6 Å². The van der Waals surface area contributed by atoms with Gasteiger partial charge in [0, 0.05) is 43.5 Å². The lowest BCUT2D eigenvalue weighted by atomic mass is 9.83. The van der Waals surface area contributed by atoms with Gasteiger partial charge in [0.15, 0.2) is 5.13 Å². The number of aryl methyl sites for hydroxylation is 2. The van der Waals surface area contributed by atoms with E-state index in [0.717, 1.165) is 29.4 Å². The number of rotatable bonds is 10. The molecule has 2 saturated heterocycles. The first-order valence-electron chi connectivity index (χ1n) is 13.4. The number of amides is 1. The molecular formula is C29H38N4O2S. The molecule has 2 aliphatic rings. The van der Waals surface area contributed by atoms with Crippen molar-refractivity contribution in [3.63, 3.8) is 0 Å². The van der Waals surface area contributed by atoms with Gasteiger partial charge < -0.3 is 19.1 Å². The largest absolute Gasteiger partial charge is 0.383 e. The van der Waals surface area contributed by atoms with E-state index in [1.165, 1.54) is 50.8 Å². The fourth-order valence-electron chi connectivity index (χ4n) is 5.85. The summed E-state index contributed by atoms with van der Waals surface area (Å²) in [5.74, 6) is 0.577. The van der Waals surface area contributed by atoms with Crippen LogP contribution in [-0.4, -0.2) is 71.2 Å². The van der Waals surface area contributed by atoms with E-state index in [1.807, 2.05) is 40.1 Å². The summed E-state index contributed by atoms with van der Waals surface area (Å²) in [6, 6.07) is 15.1. The standard InChI is InChI=1S/C29H38N4O2S/c1-35-21-20-33(22-24-12-9-19-31-16-6-5-13-25(24)31)28(34)27-26(15-14-23-10-3-2-4-11-23)36-29(30-27)32-17-7-8-18-32/h2-4,7-8,10-11,17-18,24-25H,5-6,9,12-16,19-22H2,1H3. The molecule has 5 rings (SSSR count). The van der Waals surface area contributed by atoms with E-state index in [-0.39, 0.29) is 5.91 Å². The van der Waals surface area contributed by atoms with Gasteiger partial charge in [-0.25, -0.2) is 4.98 Å². The number of methoxy groups -OCH3 is 1. The summed E-state index contributed by atoms with van der Waals surface area (Å²) in [6.45, 7) is 4.36. The molecule has 0 radical (unpaired) electrons. The summed E-state index contributed by atoms with van der Waals surface area (Å²) >= 11 is 1.64. The van der Waals surface area contributed by atoms with E-state index in [2.05, 4.69) is 29.2 Å². The second kappa shape index (κ2) is 12.2. The summed E-state index contributed by atoms with van der Waals surface area (Å²) in [5, 5.41) is 0.856. The average Bonchev–Trinajstić information content (AvgIpc) is 3.61. The SMILES string of the molecule is COCCN(CC1CCCN2CCCCC12)C(=O)c1nc(-n2cccc2)sc1CCc1ccccc1. The van der Waals surface area contributed by atoms with Gasteiger partial charge in [-0.15, -0.1) is 11.3 Å². The van der Waals surface area contributed by atoms with Crippen molar-refractivity contribution in [2.75, 3.05) is 39.9 Å². The Morgan fingerprint density at radius 3 is 2.67 bits per heavy atom. The Labute approximate surface area is 218 Å². The zero-order valence-electron chi connectivity index (χ0n) is 21.3. The maximum atomic E-state index is 14.1. The normalized spacial score (nSPS) is 20.2. The highest BCUT2D eigenvalue weighted by Crippen LogP contribution is 2.32. The number of benzene rings is 1. The highest BCUT2D eigenvalue weighted by molar-refractivity contribution is 7.14. The molecule has 3 aromatic rings. The van der Waals surface area contributed by atoms with E-state index in [1.54, 1.807) is 18.4 Å². The quantitative estimate of drug-likeness (QED) is 0.385. The minimum Gasteiger partial charge on any atom is -0.383 e. The van der Waals surface area contributed by atoms with Crippen molar-refractivity contribution in [2.24, 2.45) is 5.92 Å². The van der Waals surface area contributed by atoms with Crippen molar-refractivity contribution >= 4 is 17.2 Å². The third kappa shape index (κ3) is 5.90. The van der Waals surface area contributed by atoms with Crippen molar-refractivity contribution in [1.82, 2.24) is 19.4 Å². The number of piperidine rings is 2. The number of nitrogens with zero attached hydrogens (tertiary/aromatic N) is 4.